The van der Waals surface area contributed by atoms with Crippen LogP contribution >= 0.6 is 0 Å². The third kappa shape index (κ3) is 5.19. The highest BCUT2D eigenvalue weighted by atomic mass is 15.0. The van der Waals surface area contributed by atoms with Crippen LogP contribution in [0.15, 0.2) is 188 Å². The number of benzene rings is 8. The average molecular weight is 662 g/mol. The summed E-state index contributed by atoms with van der Waals surface area (Å²) in [5, 5.41) is 2.59. The van der Waals surface area contributed by atoms with Crippen molar-refractivity contribution in [3.63, 3.8) is 0 Å². The molecular formula is C49H31N3. The van der Waals surface area contributed by atoms with Crippen LogP contribution in [0.1, 0.15) is 0 Å². The number of hydrogen-bond donors (Lipinski definition) is 0. The molecule has 1 aliphatic rings. The zero-order valence-corrected chi connectivity index (χ0v) is 28.2. The Morgan fingerprint density at radius 1 is 0.212 bits per heavy atom. The molecule has 0 unspecified atom stereocenters. The monoisotopic (exact) mass is 661 g/mol. The molecular weight excluding hydrogens is 631 g/mol. The minimum Gasteiger partial charge on any atom is -0.208 e. The van der Waals surface area contributed by atoms with Gasteiger partial charge in [0.05, 0.1) is 0 Å². The summed E-state index contributed by atoms with van der Waals surface area (Å²) in [7, 11) is 0. The molecule has 9 aromatic rings. The Bertz CT molecular complexity index is 2600. The molecule has 0 saturated carbocycles. The van der Waals surface area contributed by atoms with Crippen molar-refractivity contribution in [3.8, 4) is 89.8 Å². The van der Waals surface area contributed by atoms with Crippen LogP contribution in [0.5, 0.6) is 0 Å². The minimum absolute atomic E-state index is 0.640. The number of fused-ring (bicyclic) bond motifs is 3. The van der Waals surface area contributed by atoms with Gasteiger partial charge in [-0.15, -0.1) is 0 Å². The van der Waals surface area contributed by atoms with E-state index in [1.165, 1.54) is 49.7 Å². The molecule has 1 heterocycles. The van der Waals surface area contributed by atoms with E-state index in [2.05, 4.69) is 176 Å². The lowest BCUT2D eigenvalue weighted by Crippen LogP contribution is -2.00. The lowest BCUT2D eigenvalue weighted by atomic mass is 9.94. The Kier molecular flexibility index (Phi) is 7.14. The van der Waals surface area contributed by atoms with Gasteiger partial charge >= 0.3 is 0 Å². The van der Waals surface area contributed by atoms with Crippen molar-refractivity contribution >= 4 is 10.8 Å². The average Bonchev–Trinajstić information content (AvgIpc) is 3.56. The van der Waals surface area contributed by atoms with Crippen LogP contribution in [-0.4, -0.2) is 15.0 Å². The summed E-state index contributed by atoms with van der Waals surface area (Å²) >= 11 is 0. The fourth-order valence-corrected chi connectivity index (χ4v) is 7.51. The predicted molar refractivity (Wildman–Crippen MR) is 214 cm³/mol. The van der Waals surface area contributed by atoms with Crippen molar-refractivity contribution < 1.29 is 0 Å². The summed E-state index contributed by atoms with van der Waals surface area (Å²) in [4.78, 5) is 15.1. The third-order valence-corrected chi connectivity index (χ3v) is 10.1. The Hall–Kier alpha value is -6.97. The first-order chi connectivity index (χ1) is 25.8. The van der Waals surface area contributed by atoms with E-state index in [9.17, 15) is 0 Å². The highest BCUT2D eigenvalue weighted by Gasteiger charge is 2.22. The smallest absolute Gasteiger partial charge is 0.164 e. The maximum Gasteiger partial charge on any atom is 0.164 e. The molecule has 0 amide bonds. The molecule has 0 radical (unpaired) electrons. The molecule has 0 N–H and O–H groups in total. The van der Waals surface area contributed by atoms with Gasteiger partial charge in [0.1, 0.15) is 0 Å². The van der Waals surface area contributed by atoms with Crippen molar-refractivity contribution in [2.75, 3.05) is 0 Å². The summed E-state index contributed by atoms with van der Waals surface area (Å²) in [6, 6.07) is 66.3. The standard InChI is InChI=1S/C49H31N3/c1-3-10-32(11-4-1)34-18-24-37(25-19-34)47-50-48(38-26-20-35(21-27-38)33-12-5-2-6-13-33)52-49(51-47)39-28-22-36(23-29-39)40-30-31-45-42-15-8-7-14-41(42)44-17-9-16-43(40)46(44)45/h1-31H. The molecule has 0 saturated heterocycles. The van der Waals surface area contributed by atoms with Gasteiger partial charge in [0, 0.05) is 16.7 Å². The van der Waals surface area contributed by atoms with E-state index in [4.69, 9.17) is 15.0 Å². The lowest BCUT2D eigenvalue weighted by Gasteiger charge is -2.12. The summed E-state index contributed by atoms with van der Waals surface area (Å²) in [5.41, 5.74) is 15.1. The Morgan fingerprint density at radius 2 is 0.558 bits per heavy atom. The lowest BCUT2D eigenvalue weighted by molar-refractivity contribution is 1.07. The molecule has 0 aliphatic heterocycles. The van der Waals surface area contributed by atoms with Crippen LogP contribution in [-0.2, 0) is 0 Å². The molecule has 52 heavy (non-hydrogen) atoms. The molecule has 3 nitrogen and oxygen atoms in total. The van der Waals surface area contributed by atoms with Gasteiger partial charge in [-0.25, -0.2) is 15.0 Å². The molecule has 0 fully saturated rings. The predicted octanol–water partition coefficient (Wildman–Crippen LogP) is 12.7. The van der Waals surface area contributed by atoms with E-state index in [1.54, 1.807) is 0 Å². The maximum atomic E-state index is 5.05. The normalized spacial score (nSPS) is 11.5. The molecule has 242 valence electrons. The van der Waals surface area contributed by atoms with E-state index in [1.807, 2.05) is 12.1 Å². The van der Waals surface area contributed by atoms with E-state index >= 15 is 0 Å². The van der Waals surface area contributed by atoms with Crippen molar-refractivity contribution in [1.29, 1.82) is 0 Å². The quantitative estimate of drug-likeness (QED) is 0.178. The van der Waals surface area contributed by atoms with Crippen molar-refractivity contribution in [2.45, 2.75) is 0 Å². The Morgan fingerprint density at radius 3 is 1.04 bits per heavy atom. The molecule has 3 heteroatoms. The van der Waals surface area contributed by atoms with Crippen molar-refractivity contribution in [2.24, 2.45) is 0 Å². The molecule has 8 aromatic carbocycles. The zero-order chi connectivity index (χ0) is 34.4. The van der Waals surface area contributed by atoms with Crippen LogP contribution < -0.4 is 0 Å². The van der Waals surface area contributed by atoms with E-state index < -0.39 is 0 Å². The number of aromatic nitrogens is 3. The summed E-state index contributed by atoms with van der Waals surface area (Å²) in [5.74, 6) is 1.92. The number of hydrogen-bond acceptors (Lipinski definition) is 3. The number of nitrogens with zero attached hydrogens (tertiary/aromatic N) is 3. The highest BCUT2D eigenvalue weighted by Crippen LogP contribution is 2.49. The zero-order valence-electron chi connectivity index (χ0n) is 28.2. The first-order valence-electron chi connectivity index (χ1n) is 17.6. The first-order valence-corrected chi connectivity index (χ1v) is 17.6. The second-order valence-corrected chi connectivity index (χ2v) is 13.2. The van der Waals surface area contributed by atoms with E-state index in [0.717, 1.165) is 33.4 Å². The van der Waals surface area contributed by atoms with Crippen LogP contribution in [0, 0.1) is 0 Å². The van der Waals surface area contributed by atoms with Crippen LogP contribution in [0.4, 0.5) is 0 Å². The van der Waals surface area contributed by atoms with Gasteiger partial charge in [-0.05, 0) is 66.4 Å². The fraction of sp³-hybridized carbons (Fsp3) is 0. The molecule has 10 rings (SSSR count). The van der Waals surface area contributed by atoms with Crippen LogP contribution in [0.25, 0.3) is 101 Å². The van der Waals surface area contributed by atoms with E-state index in [0.29, 0.717) is 17.5 Å². The van der Waals surface area contributed by atoms with E-state index in [-0.39, 0.29) is 0 Å². The van der Waals surface area contributed by atoms with Crippen molar-refractivity contribution in [1.82, 2.24) is 15.0 Å². The largest absolute Gasteiger partial charge is 0.208 e. The fourth-order valence-electron chi connectivity index (χ4n) is 7.51. The van der Waals surface area contributed by atoms with Gasteiger partial charge in [0.15, 0.2) is 17.5 Å². The molecule has 1 aromatic heterocycles. The second kappa shape index (κ2) is 12.4. The molecule has 1 aliphatic carbocycles. The summed E-state index contributed by atoms with van der Waals surface area (Å²) in [6.07, 6.45) is 0. The van der Waals surface area contributed by atoms with Crippen LogP contribution in [0.2, 0.25) is 0 Å². The topological polar surface area (TPSA) is 38.7 Å². The van der Waals surface area contributed by atoms with Gasteiger partial charge in [0.25, 0.3) is 0 Å². The van der Waals surface area contributed by atoms with Gasteiger partial charge in [-0.2, -0.15) is 0 Å². The van der Waals surface area contributed by atoms with Crippen molar-refractivity contribution in [3.05, 3.63) is 188 Å². The maximum absolute atomic E-state index is 5.05. The molecule has 0 bridgehead atoms. The van der Waals surface area contributed by atoms with Gasteiger partial charge in [-0.1, -0.05) is 188 Å². The SMILES string of the molecule is c1ccc(-c2ccc(-c3nc(-c4ccc(-c5ccccc5)cc4)nc(-c4ccc(-c5ccc6c7c(cccc57)-c5ccccc5-6)cc4)n3)cc2)cc1. The molecule has 0 atom stereocenters. The van der Waals surface area contributed by atoms with Crippen LogP contribution in [0.3, 0.4) is 0 Å². The van der Waals surface area contributed by atoms with Gasteiger partial charge in [0.2, 0.25) is 0 Å². The minimum atomic E-state index is 0.640. The third-order valence-electron chi connectivity index (χ3n) is 10.1. The summed E-state index contributed by atoms with van der Waals surface area (Å²) < 4.78 is 0. The van der Waals surface area contributed by atoms with Gasteiger partial charge < -0.3 is 0 Å². The first kappa shape index (κ1) is 29.9. The van der Waals surface area contributed by atoms with Gasteiger partial charge in [-0.3, -0.25) is 0 Å². The Labute approximate surface area is 302 Å². The second-order valence-electron chi connectivity index (χ2n) is 13.2. The molecule has 0 spiro atoms. The number of rotatable bonds is 6. The summed E-state index contributed by atoms with van der Waals surface area (Å²) in [6.45, 7) is 0. The highest BCUT2D eigenvalue weighted by molar-refractivity contribution is 6.18. The Balaban J connectivity index is 1.04.